The van der Waals surface area contributed by atoms with Crippen LogP contribution < -0.4 is 0 Å². The van der Waals surface area contributed by atoms with Gasteiger partial charge in [-0.05, 0) is 25.7 Å². The summed E-state index contributed by atoms with van der Waals surface area (Å²) in [6.07, 6.45) is 2.70. The van der Waals surface area contributed by atoms with Crippen molar-refractivity contribution in [1.29, 1.82) is 10.5 Å². The summed E-state index contributed by atoms with van der Waals surface area (Å²) in [5, 5.41) is 26.6. The van der Waals surface area contributed by atoms with Crippen LogP contribution in [0.4, 0.5) is 0 Å². The minimum atomic E-state index is -0.464. The van der Waals surface area contributed by atoms with Crippen LogP contribution in [0.3, 0.4) is 0 Å². The van der Waals surface area contributed by atoms with Gasteiger partial charge in [-0.25, -0.2) is 0 Å². The van der Waals surface area contributed by atoms with Crippen LogP contribution in [0, 0.1) is 28.1 Å². The molecule has 1 aliphatic rings. The van der Waals surface area contributed by atoms with E-state index in [1.54, 1.807) is 0 Å². The molecule has 3 nitrogen and oxygen atoms in total. The van der Waals surface area contributed by atoms with E-state index in [2.05, 4.69) is 6.07 Å². The molecule has 0 spiro atoms. The molecule has 0 amide bonds. The molecule has 0 aromatic heterocycles. The Kier molecular flexibility index (Phi) is 2.68. The van der Waals surface area contributed by atoms with Crippen molar-refractivity contribution in [3.8, 4) is 12.1 Å². The third kappa shape index (κ3) is 1.75. The van der Waals surface area contributed by atoms with Crippen molar-refractivity contribution in [3.63, 3.8) is 0 Å². The lowest BCUT2D eigenvalue weighted by molar-refractivity contribution is 0.0887. The standard InChI is InChI=1S/C9H12N2O/c10-6-5-9(7-11)3-1-8(12)2-4-9/h8,12H,1-5H2. The fourth-order valence-electron chi connectivity index (χ4n) is 1.63. The lowest BCUT2D eigenvalue weighted by atomic mass is 9.72. The lowest BCUT2D eigenvalue weighted by Crippen LogP contribution is -2.27. The Morgan fingerprint density at radius 2 is 1.92 bits per heavy atom. The number of rotatable bonds is 1. The summed E-state index contributed by atoms with van der Waals surface area (Å²) < 4.78 is 0. The van der Waals surface area contributed by atoms with Gasteiger partial charge in [0, 0.05) is 0 Å². The van der Waals surface area contributed by atoms with Crippen molar-refractivity contribution in [2.24, 2.45) is 5.41 Å². The number of aliphatic hydroxyl groups is 1. The smallest absolute Gasteiger partial charge is 0.0705 e. The zero-order chi connectivity index (χ0) is 9.03. The van der Waals surface area contributed by atoms with Gasteiger partial charge in [-0.15, -0.1) is 0 Å². The Morgan fingerprint density at radius 3 is 2.33 bits per heavy atom. The molecule has 0 aromatic carbocycles. The van der Waals surface area contributed by atoms with Crippen LogP contribution in [0.5, 0.6) is 0 Å². The molecule has 1 aliphatic carbocycles. The Balaban J connectivity index is 2.60. The number of hydrogen-bond donors (Lipinski definition) is 1. The topological polar surface area (TPSA) is 67.8 Å². The SMILES string of the molecule is N#CCC1(C#N)CCC(O)CC1. The van der Waals surface area contributed by atoms with Crippen molar-refractivity contribution in [3.05, 3.63) is 0 Å². The lowest BCUT2D eigenvalue weighted by Gasteiger charge is -2.30. The van der Waals surface area contributed by atoms with Gasteiger partial charge in [0.25, 0.3) is 0 Å². The van der Waals surface area contributed by atoms with E-state index in [1.807, 2.05) is 6.07 Å². The van der Waals surface area contributed by atoms with Crippen molar-refractivity contribution in [2.45, 2.75) is 38.2 Å². The second kappa shape index (κ2) is 3.56. The monoisotopic (exact) mass is 164 g/mol. The fraction of sp³-hybridized carbons (Fsp3) is 0.778. The summed E-state index contributed by atoms with van der Waals surface area (Å²) in [5.41, 5.74) is -0.464. The maximum absolute atomic E-state index is 9.21. The van der Waals surface area contributed by atoms with Gasteiger partial charge in [0.1, 0.15) is 0 Å². The first kappa shape index (κ1) is 9.03. The highest BCUT2D eigenvalue weighted by molar-refractivity contribution is 5.05. The first-order valence-corrected chi connectivity index (χ1v) is 4.19. The van der Waals surface area contributed by atoms with E-state index < -0.39 is 5.41 Å². The van der Waals surface area contributed by atoms with Gasteiger partial charge in [-0.1, -0.05) is 0 Å². The Hall–Kier alpha value is -1.06. The summed E-state index contributed by atoms with van der Waals surface area (Å²) in [6, 6.07) is 4.25. The maximum atomic E-state index is 9.21. The third-order valence-corrected chi connectivity index (χ3v) is 2.57. The highest BCUT2D eigenvalue weighted by atomic mass is 16.3. The van der Waals surface area contributed by atoms with Crippen LogP contribution in [0.25, 0.3) is 0 Å². The van der Waals surface area contributed by atoms with Gasteiger partial charge in [-0.3, -0.25) is 0 Å². The summed E-state index contributed by atoms with van der Waals surface area (Å²) in [5.74, 6) is 0. The average molecular weight is 164 g/mol. The summed E-state index contributed by atoms with van der Waals surface area (Å²) >= 11 is 0. The van der Waals surface area contributed by atoms with Crippen LogP contribution in [-0.2, 0) is 0 Å². The third-order valence-electron chi connectivity index (χ3n) is 2.57. The average Bonchev–Trinajstić information content (AvgIpc) is 2.10. The predicted octanol–water partition coefficient (Wildman–Crippen LogP) is 1.34. The van der Waals surface area contributed by atoms with Crippen LogP contribution in [0.1, 0.15) is 32.1 Å². The van der Waals surface area contributed by atoms with Crippen LogP contribution >= 0.6 is 0 Å². The Labute approximate surface area is 72.2 Å². The van der Waals surface area contributed by atoms with Crippen molar-refractivity contribution < 1.29 is 5.11 Å². The Morgan fingerprint density at radius 1 is 1.33 bits per heavy atom. The highest BCUT2D eigenvalue weighted by Gasteiger charge is 2.34. The van der Waals surface area contributed by atoms with Gasteiger partial charge >= 0.3 is 0 Å². The van der Waals surface area contributed by atoms with E-state index in [0.717, 1.165) is 0 Å². The molecule has 0 aromatic rings. The van der Waals surface area contributed by atoms with E-state index >= 15 is 0 Å². The molecular formula is C9H12N2O. The van der Waals surface area contributed by atoms with E-state index in [4.69, 9.17) is 10.5 Å². The number of hydrogen-bond acceptors (Lipinski definition) is 3. The number of nitriles is 2. The molecule has 0 atom stereocenters. The van der Waals surface area contributed by atoms with Gasteiger partial charge in [0.2, 0.25) is 0 Å². The zero-order valence-electron chi connectivity index (χ0n) is 6.95. The largest absolute Gasteiger partial charge is 0.393 e. The predicted molar refractivity (Wildman–Crippen MR) is 42.8 cm³/mol. The molecule has 1 N–H and O–H groups in total. The summed E-state index contributed by atoms with van der Waals surface area (Å²) in [4.78, 5) is 0. The molecule has 0 aliphatic heterocycles. The second-order valence-corrected chi connectivity index (χ2v) is 3.46. The zero-order valence-corrected chi connectivity index (χ0v) is 6.95. The molecule has 12 heavy (non-hydrogen) atoms. The molecule has 0 radical (unpaired) electrons. The summed E-state index contributed by atoms with van der Waals surface area (Å²) in [6.45, 7) is 0. The quantitative estimate of drug-likeness (QED) is 0.636. The molecule has 1 saturated carbocycles. The Bertz CT molecular complexity index is 228. The molecule has 0 bridgehead atoms. The minimum absolute atomic E-state index is 0.259. The number of nitrogens with zero attached hydrogens (tertiary/aromatic N) is 2. The van der Waals surface area contributed by atoms with E-state index in [-0.39, 0.29) is 6.10 Å². The number of aliphatic hydroxyl groups excluding tert-OH is 1. The molecule has 1 rings (SSSR count). The molecule has 0 heterocycles. The van der Waals surface area contributed by atoms with E-state index in [1.165, 1.54) is 0 Å². The van der Waals surface area contributed by atoms with Gasteiger partial charge in [-0.2, -0.15) is 10.5 Å². The van der Waals surface area contributed by atoms with Crippen LogP contribution in [0.15, 0.2) is 0 Å². The molecule has 0 unspecified atom stereocenters. The van der Waals surface area contributed by atoms with Gasteiger partial charge in [0.05, 0.1) is 30.1 Å². The highest BCUT2D eigenvalue weighted by Crippen LogP contribution is 2.38. The van der Waals surface area contributed by atoms with E-state index in [0.29, 0.717) is 32.1 Å². The molecule has 1 fully saturated rings. The van der Waals surface area contributed by atoms with Crippen molar-refractivity contribution in [1.82, 2.24) is 0 Å². The van der Waals surface area contributed by atoms with Crippen LogP contribution in [0.2, 0.25) is 0 Å². The van der Waals surface area contributed by atoms with Gasteiger partial charge < -0.3 is 5.11 Å². The second-order valence-electron chi connectivity index (χ2n) is 3.46. The first-order valence-electron chi connectivity index (χ1n) is 4.19. The van der Waals surface area contributed by atoms with Crippen molar-refractivity contribution in [2.75, 3.05) is 0 Å². The molecule has 0 saturated heterocycles. The molecular weight excluding hydrogens is 152 g/mol. The minimum Gasteiger partial charge on any atom is -0.393 e. The first-order chi connectivity index (χ1) is 5.72. The van der Waals surface area contributed by atoms with Crippen LogP contribution in [-0.4, -0.2) is 11.2 Å². The summed E-state index contributed by atoms with van der Waals surface area (Å²) in [7, 11) is 0. The molecule has 3 heteroatoms. The van der Waals surface area contributed by atoms with Crippen molar-refractivity contribution >= 4 is 0 Å². The molecule has 64 valence electrons. The fourth-order valence-corrected chi connectivity index (χ4v) is 1.63. The maximum Gasteiger partial charge on any atom is 0.0705 e. The van der Waals surface area contributed by atoms with E-state index in [9.17, 15) is 5.11 Å². The van der Waals surface area contributed by atoms with Gasteiger partial charge in [0.15, 0.2) is 0 Å². The normalized spacial score (nSPS) is 35.1.